The summed E-state index contributed by atoms with van der Waals surface area (Å²) in [5, 5.41) is 0. The Hall–Kier alpha value is -0.840. The van der Waals surface area contributed by atoms with E-state index in [1.165, 1.54) is 0 Å². The third-order valence-corrected chi connectivity index (χ3v) is 4.06. The lowest BCUT2D eigenvalue weighted by Crippen LogP contribution is -2.32. The molecule has 1 unspecified atom stereocenters. The van der Waals surface area contributed by atoms with E-state index in [4.69, 9.17) is 16.2 Å². The molecule has 0 aliphatic heterocycles. The van der Waals surface area contributed by atoms with Crippen molar-refractivity contribution in [3.8, 4) is 0 Å². The van der Waals surface area contributed by atoms with Gasteiger partial charge in [-0.1, -0.05) is 48.0 Å². The van der Waals surface area contributed by atoms with Crippen molar-refractivity contribution in [2.75, 3.05) is 0 Å². The summed E-state index contributed by atoms with van der Waals surface area (Å²) >= 11 is 5.78. The van der Waals surface area contributed by atoms with Crippen molar-refractivity contribution in [2.24, 2.45) is 0 Å². The van der Waals surface area contributed by atoms with Gasteiger partial charge in [-0.2, -0.15) is 8.42 Å². The number of benzene rings is 1. The lowest BCUT2D eigenvalue weighted by molar-refractivity contribution is 0.468. The number of rotatable bonds is 4. The van der Waals surface area contributed by atoms with Crippen LogP contribution < -0.4 is 0 Å². The molecule has 0 amide bonds. The molecule has 1 N–H and O–H groups in total. The van der Waals surface area contributed by atoms with Gasteiger partial charge < -0.3 is 0 Å². The van der Waals surface area contributed by atoms with Gasteiger partial charge >= 0.3 is 0 Å². The Kier molecular flexibility index (Phi) is 3.54. The molecule has 0 bridgehead atoms. The molecule has 0 aliphatic rings. The Labute approximate surface area is 94.1 Å². The molecule has 1 atom stereocenters. The maximum Gasteiger partial charge on any atom is 0.288 e. The van der Waals surface area contributed by atoms with Crippen molar-refractivity contribution in [1.29, 1.82) is 0 Å². The first kappa shape index (κ1) is 12.2. The molecule has 0 spiro atoms. The van der Waals surface area contributed by atoms with E-state index in [2.05, 4.69) is 6.58 Å². The zero-order valence-corrected chi connectivity index (χ0v) is 9.50. The van der Waals surface area contributed by atoms with Gasteiger partial charge in [-0.05, 0) is 5.56 Å². The molecule has 82 valence electrons. The first-order valence-electron chi connectivity index (χ1n) is 4.22. The summed E-state index contributed by atoms with van der Waals surface area (Å²) in [5.74, 6) is 0. The highest BCUT2D eigenvalue weighted by Gasteiger charge is 2.37. The molecule has 0 heterocycles. The molecule has 0 radical (unpaired) electrons. The molecule has 0 saturated carbocycles. The quantitative estimate of drug-likeness (QED) is 0.504. The molecule has 1 aromatic carbocycles. The van der Waals surface area contributed by atoms with Crippen LogP contribution in [-0.4, -0.2) is 17.2 Å². The molecule has 1 aromatic rings. The standard InChI is InChI=1S/C10H11ClO3S/c1-2-10(11,15(12,13)14)8-9-6-4-3-5-7-9/h2-7H,1,8H2,(H,12,13,14). The van der Waals surface area contributed by atoms with Crippen LogP contribution >= 0.6 is 11.6 Å². The summed E-state index contributed by atoms with van der Waals surface area (Å²) in [7, 11) is -4.37. The van der Waals surface area contributed by atoms with Crippen molar-refractivity contribution in [1.82, 2.24) is 0 Å². The summed E-state index contributed by atoms with van der Waals surface area (Å²) in [4.78, 5) is 0. The zero-order valence-electron chi connectivity index (χ0n) is 7.93. The molecular formula is C10H11ClO3S. The fourth-order valence-electron chi connectivity index (χ4n) is 1.14. The normalized spacial score (nSPS) is 15.6. The largest absolute Gasteiger partial charge is 0.288 e. The smallest absolute Gasteiger partial charge is 0.284 e. The Morgan fingerprint density at radius 3 is 2.33 bits per heavy atom. The first-order valence-corrected chi connectivity index (χ1v) is 6.04. The highest BCUT2D eigenvalue weighted by molar-refractivity contribution is 7.88. The highest BCUT2D eigenvalue weighted by Crippen LogP contribution is 2.28. The molecule has 15 heavy (non-hydrogen) atoms. The van der Waals surface area contributed by atoms with E-state index in [0.717, 1.165) is 6.08 Å². The van der Waals surface area contributed by atoms with Gasteiger partial charge in [0.15, 0.2) is 4.21 Å². The molecule has 0 fully saturated rings. The third-order valence-electron chi connectivity index (χ3n) is 2.02. The molecule has 5 heteroatoms. The highest BCUT2D eigenvalue weighted by atomic mass is 35.5. The fourth-order valence-corrected chi connectivity index (χ4v) is 1.86. The van der Waals surface area contributed by atoms with Crippen molar-refractivity contribution in [3.05, 3.63) is 48.6 Å². The van der Waals surface area contributed by atoms with Gasteiger partial charge in [0.05, 0.1) is 0 Å². The van der Waals surface area contributed by atoms with Crippen LogP contribution in [0.4, 0.5) is 0 Å². The van der Waals surface area contributed by atoms with E-state index in [9.17, 15) is 8.42 Å². The molecule has 0 aromatic heterocycles. The van der Waals surface area contributed by atoms with Crippen LogP contribution in [0.2, 0.25) is 0 Å². The Balaban J connectivity index is 3.03. The van der Waals surface area contributed by atoms with Gasteiger partial charge in [-0.25, -0.2) is 0 Å². The van der Waals surface area contributed by atoms with Gasteiger partial charge in [-0.15, -0.1) is 6.58 Å². The van der Waals surface area contributed by atoms with Crippen molar-refractivity contribution >= 4 is 21.7 Å². The summed E-state index contributed by atoms with van der Waals surface area (Å²) in [6, 6.07) is 8.79. The third kappa shape index (κ3) is 2.81. The van der Waals surface area contributed by atoms with Gasteiger partial charge in [0.1, 0.15) is 0 Å². The number of alkyl halides is 1. The summed E-state index contributed by atoms with van der Waals surface area (Å²) in [6.45, 7) is 3.32. The van der Waals surface area contributed by atoms with Crippen LogP contribution in [0.25, 0.3) is 0 Å². The maximum absolute atomic E-state index is 11.0. The average Bonchev–Trinajstić information content (AvgIpc) is 2.17. The predicted molar refractivity (Wildman–Crippen MR) is 60.5 cm³/mol. The summed E-state index contributed by atoms with van der Waals surface area (Å²) in [5.41, 5.74) is 0.713. The van der Waals surface area contributed by atoms with Crippen LogP contribution in [0, 0.1) is 0 Å². The minimum Gasteiger partial charge on any atom is -0.284 e. The minimum atomic E-state index is -4.37. The minimum absolute atomic E-state index is 0.0161. The lowest BCUT2D eigenvalue weighted by Gasteiger charge is -2.19. The van der Waals surface area contributed by atoms with Crippen LogP contribution in [0.1, 0.15) is 5.56 Å². The molecule has 0 aliphatic carbocycles. The second-order valence-electron chi connectivity index (χ2n) is 3.13. The van der Waals surface area contributed by atoms with Crippen LogP contribution in [-0.2, 0) is 16.5 Å². The van der Waals surface area contributed by atoms with Gasteiger partial charge in [0.2, 0.25) is 0 Å². The fraction of sp³-hybridized carbons (Fsp3) is 0.200. The van der Waals surface area contributed by atoms with Crippen LogP contribution in [0.5, 0.6) is 0 Å². The van der Waals surface area contributed by atoms with Crippen LogP contribution in [0.3, 0.4) is 0 Å². The van der Waals surface area contributed by atoms with E-state index < -0.39 is 14.3 Å². The monoisotopic (exact) mass is 246 g/mol. The summed E-state index contributed by atoms with van der Waals surface area (Å²) < 4.78 is 29.2. The van der Waals surface area contributed by atoms with Crippen molar-refractivity contribution in [2.45, 2.75) is 10.6 Å². The van der Waals surface area contributed by atoms with E-state index in [1.807, 2.05) is 0 Å². The molecule has 0 saturated heterocycles. The van der Waals surface area contributed by atoms with Crippen molar-refractivity contribution < 1.29 is 13.0 Å². The second kappa shape index (κ2) is 4.35. The molecule has 1 rings (SSSR count). The van der Waals surface area contributed by atoms with Crippen LogP contribution in [0.15, 0.2) is 43.0 Å². The SMILES string of the molecule is C=CC(Cl)(Cc1ccccc1)S(=O)(=O)O. The number of halogens is 1. The summed E-state index contributed by atoms with van der Waals surface area (Å²) in [6.07, 6.45) is 1.01. The first-order chi connectivity index (χ1) is 6.89. The van der Waals surface area contributed by atoms with E-state index >= 15 is 0 Å². The van der Waals surface area contributed by atoms with Crippen molar-refractivity contribution in [3.63, 3.8) is 0 Å². The van der Waals surface area contributed by atoms with E-state index in [1.54, 1.807) is 30.3 Å². The predicted octanol–water partition coefficient (Wildman–Crippen LogP) is 2.24. The average molecular weight is 247 g/mol. The Morgan fingerprint density at radius 1 is 1.40 bits per heavy atom. The topological polar surface area (TPSA) is 54.4 Å². The van der Waals surface area contributed by atoms with Gasteiger partial charge in [-0.3, -0.25) is 4.55 Å². The Bertz CT molecular complexity index is 441. The zero-order chi connectivity index (χ0) is 11.5. The lowest BCUT2D eigenvalue weighted by atomic mass is 10.1. The second-order valence-corrected chi connectivity index (χ2v) is 5.70. The van der Waals surface area contributed by atoms with Gasteiger partial charge in [0.25, 0.3) is 10.1 Å². The van der Waals surface area contributed by atoms with E-state index in [0.29, 0.717) is 5.56 Å². The molecule has 3 nitrogen and oxygen atoms in total. The molecular weight excluding hydrogens is 236 g/mol. The number of hydrogen-bond donors (Lipinski definition) is 1. The maximum atomic E-state index is 11.0. The van der Waals surface area contributed by atoms with Gasteiger partial charge in [0, 0.05) is 6.42 Å². The Morgan fingerprint density at radius 2 is 1.93 bits per heavy atom. The number of hydrogen-bond acceptors (Lipinski definition) is 2. The van der Waals surface area contributed by atoms with E-state index in [-0.39, 0.29) is 6.42 Å².